The summed E-state index contributed by atoms with van der Waals surface area (Å²) in [5, 5.41) is 0.103. The van der Waals surface area contributed by atoms with E-state index < -0.39 is 0 Å². The van der Waals surface area contributed by atoms with Gasteiger partial charge < -0.3 is 14.2 Å². The van der Waals surface area contributed by atoms with Gasteiger partial charge in [0.05, 0.1) is 28.1 Å². The molecular formula is C26H20Br2ClNO5S. The van der Waals surface area contributed by atoms with E-state index in [1.807, 2.05) is 30.3 Å². The number of amides is 2. The molecular weight excluding hydrogens is 634 g/mol. The Hall–Kier alpha value is -2.46. The van der Waals surface area contributed by atoms with E-state index in [4.69, 9.17) is 25.8 Å². The standard InChI is InChI=1S/C26H20Br2ClNO5S/c1-33-20-13-17(22(27)23(28)24(20)35-15-16-7-3-2-4-8-16)14-21-25(31)30(26(32)36-21)11-12-34-19-10-6-5-9-18(19)29/h2-10,13-14H,11-12,15H2,1H3/b21-14-. The molecule has 0 saturated carbocycles. The van der Waals surface area contributed by atoms with Gasteiger partial charge in [-0.15, -0.1) is 0 Å². The van der Waals surface area contributed by atoms with Crippen LogP contribution in [0.25, 0.3) is 6.08 Å². The van der Waals surface area contributed by atoms with Crippen molar-refractivity contribution in [2.75, 3.05) is 20.3 Å². The number of carbonyl (C=O) groups excluding carboxylic acids is 2. The molecule has 6 nitrogen and oxygen atoms in total. The lowest BCUT2D eigenvalue weighted by Crippen LogP contribution is -2.32. The Morgan fingerprint density at radius 1 is 0.972 bits per heavy atom. The number of imide groups is 1. The highest BCUT2D eigenvalue weighted by Crippen LogP contribution is 2.45. The Morgan fingerprint density at radius 2 is 1.69 bits per heavy atom. The number of hydrogen-bond donors (Lipinski definition) is 0. The van der Waals surface area contributed by atoms with Gasteiger partial charge in [0.25, 0.3) is 11.1 Å². The Kier molecular flexibility index (Phi) is 9.00. The van der Waals surface area contributed by atoms with Crippen LogP contribution in [-0.2, 0) is 11.4 Å². The number of hydrogen-bond acceptors (Lipinski definition) is 6. The van der Waals surface area contributed by atoms with Crippen LogP contribution < -0.4 is 14.2 Å². The molecule has 0 spiro atoms. The van der Waals surface area contributed by atoms with Crippen molar-refractivity contribution in [1.29, 1.82) is 0 Å². The van der Waals surface area contributed by atoms with E-state index in [9.17, 15) is 9.59 Å². The molecule has 0 bridgehead atoms. The van der Waals surface area contributed by atoms with Crippen molar-refractivity contribution in [3.63, 3.8) is 0 Å². The molecule has 0 aliphatic carbocycles. The molecule has 0 N–H and O–H groups in total. The number of nitrogens with zero attached hydrogens (tertiary/aromatic N) is 1. The maximum Gasteiger partial charge on any atom is 0.293 e. The van der Waals surface area contributed by atoms with Crippen molar-refractivity contribution in [3.05, 3.63) is 90.7 Å². The fourth-order valence-electron chi connectivity index (χ4n) is 3.37. The second kappa shape index (κ2) is 12.2. The van der Waals surface area contributed by atoms with Crippen molar-refractivity contribution in [2.24, 2.45) is 0 Å². The molecule has 186 valence electrons. The first-order valence-electron chi connectivity index (χ1n) is 10.7. The van der Waals surface area contributed by atoms with Crippen molar-refractivity contribution in [2.45, 2.75) is 6.61 Å². The molecule has 2 amide bonds. The fourth-order valence-corrected chi connectivity index (χ4v) is 5.36. The summed E-state index contributed by atoms with van der Waals surface area (Å²) in [6, 6.07) is 18.6. The molecule has 1 fully saturated rings. The second-order valence-corrected chi connectivity index (χ2v) is 10.5. The van der Waals surface area contributed by atoms with Gasteiger partial charge in [-0.2, -0.15) is 0 Å². The second-order valence-electron chi connectivity index (χ2n) is 7.51. The third-order valence-electron chi connectivity index (χ3n) is 5.17. The summed E-state index contributed by atoms with van der Waals surface area (Å²) >= 11 is 14.1. The van der Waals surface area contributed by atoms with Crippen LogP contribution in [0.15, 0.2) is 74.5 Å². The summed E-state index contributed by atoms with van der Waals surface area (Å²) < 4.78 is 18.5. The summed E-state index contributed by atoms with van der Waals surface area (Å²) in [4.78, 5) is 26.9. The highest BCUT2D eigenvalue weighted by atomic mass is 79.9. The van der Waals surface area contributed by atoms with Crippen molar-refractivity contribution in [3.8, 4) is 17.2 Å². The van der Waals surface area contributed by atoms with E-state index in [-0.39, 0.29) is 24.3 Å². The molecule has 1 saturated heterocycles. The number of thioether (sulfide) groups is 1. The van der Waals surface area contributed by atoms with E-state index in [0.29, 0.717) is 48.3 Å². The van der Waals surface area contributed by atoms with Crippen LogP contribution >= 0.6 is 55.2 Å². The van der Waals surface area contributed by atoms with Crippen LogP contribution in [0.4, 0.5) is 4.79 Å². The number of methoxy groups -OCH3 is 1. The molecule has 1 heterocycles. The SMILES string of the molecule is COc1cc(/C=C2\SC(=O)N(CCOc3ccccc3Cl)C2=O)c(Br)c(Br)c1OCc1ccccc1. The number of carbonyl (C=O) groups is 2. The van der Waals surface area contributed by atoms with Gasteiger partial charge in [0.1, 0.15) is 19.0 Å². The lowest BCUT2D eigenvalue weighted by Gasteiger charge is -2.16. The Balaban J connectivity index is 1.49. The number of para-hydroxylation sites is 1. The molecule has 1 aliphatic heterocycles. The zero-order valence-electron chi connectivity index (χ0n) is 19.0. The molecule has 3 aromatic rings. The predicted octanol–water partition coefficient (Wildman–Crippen LogP) is 7.57. The van der Waals surface area contributed by atoms with Crippen LogP contribution in [0.5, 0.6) is 17.2 Å². The van der Waals surface area contributed by atoms with Crippen LogP contribution in [0.2, 0.25) is 5.02 Å². The smallest absolute Gasteiger partial charge is 0.293 e. The zero-order valence-corrected chi connectivity index (χ0v) is 23.7. The molecule has 3 aromatic carbocycles. The zero-order chi connectivity index (χ0) is 25.7. The number of rotatable bonds is 9. The van der Waals surface area contributed by atoms with Crippen LogP contribution in [0, 0.1) is 0 Å². The molecule has 36 heavy (non-hydrogen) atoms. The molecule has 0 unspecified atom stereocenters. The molecule has 10 heteroatoms. The summed E-state index contributed by atoms with van der Waals surface area (Å²) in [5.41, 5.74) is 1.67. The predicted molar refractivity (Wildman–Crippen MR) is 149 cm³/mol. The molecule has 0 atom stereocenters. The van der Waals surface area contributed by atoms with Gasteiger partial charge >= 0.3 is 0 Å². The number of ether oxygens (including phenoxy) is 3. The normalized spacial score (nSPS) is 14.4. The lowest BCUT2D eigenvalue weighted by molar-refractivity contribution is -0.123. The first kappa shape index (κ1) is 26.6. The topological polar surface area (TPSA) is 65.1 Å². The molecule has 0 aromatic heterocycles. The fraction of sp³-hybridized carbons (Fsp3) is 0.154. The van der Waals surface area contributed by atoms with E-state index in [0.717, 1.165) is 22.2 Å². The van der Waals surface area contributed by atoms with Gasteiger partial charge in [-0.1, -0.05) is 54.1 Å². The quantitative estimate of drug-likeness (QED) is 0.222. The Morgan fingerprint density at radius 3 is 2.42 bits per heavy atom. The van der Waals surface area contributed by atoms with Gasteiger partial charge in [-0.3, -0.25) is 14.5 Å². The van der Waals surface area contributed by atoms with Gasteiger partial charge in [-0.05, 0) is 79.0 Å². The van der Waals surface area contributed by atoms with Gasteiger partial charge in [0.2, 0.25) is 0 Å². The highest BCUT2D eigenvalue weighted by Gasteiger charge is 2.35. The minimum absolute atomic E-state index is 0.105. The maximum atomic E-state index is 13.0. The molecule has 0 radical (unpaired) electrons. The van der Waals surface area contributed by atoms with Crippen molar-refractivity contribution < 1.29 is 23.8 Å². The molecule has 1 aliphatic rings. The van der Waals surface area contributed by atoms with Crippen LogP contribution in [0.3, 0.4) is 0 Å². The average Bonchev–Trinajstić information content (AvgIpc) is 3.15. The van der Waals surface area contributed by atoms with Crippen molar-refractivity contribution >= 4 is 72.4 Å². The first-order valence-corrected chi connectivity index (χ1v) is 13.5. The number of halogens is 3. The average molecular weight is 654 g/mol. The van der Waals surface area contributed by atoms with Gasteiger partial charge in [-0.25, -0.2) is 0 Å². The van der Waals surface area contributed by atoms with Gasteiger partial charge in [0, 0.05) is 4.47 Å². The summed E-state index contributed by atoms with van der Waals surface area (Å²) in [7, 11) is 1.54. The van der Waals surface area contributed by atoms with E-state index in [1.165, 1.54) is 0 Å². The lowest BCUT2D eigenvalue weighted by atomic mass is 10.1. The van der Waals surface area contributed by atoms with Crippen LogP contribution in [-0.4, -0.2) is 36.3 Å². The first-order chi connectivity index (χ1) is 17.4. The van der Waals surface area contributed by atoms with Gasteiger partial charge in [0.15, 0.2) is 11.5 Å². The minimum Gasteiger partial charge on any atom is -0.493 e. The number of benzene rings is 3. The highest BCUT2D eigenvalue weighted by molar-refractivity contribution is 9.13. The Bertz CT molecular complexity index is 1320. The maximum absolute atomic E-state index is 13.0. The largest absolute Gasteiger partial charge is 0.493 e. The summed E-state index contributed by atoms with van der Waals surface area (Å²) in [5.74, 6) is 1.12. The third kappa shape index (κ3) is 6.08. The van der Waals surface area contributed by atoms with E-state index in [2.05, 4.69) is 31.9 Å². The third-order valence-corrected chi connectivity index (χ3v) is 8.53. The summed E-state index contributed by atoms with van der Waals surface area (Å²) in [6.45, 7) is 0.593. The summed E-state index contributed by atoms with van der Waals surface area (Å²) in [6.07, 6.45) is 1.65. The van der Waals surface area contributed by atoms with Crippen molar-refractivity contribution in [1.82, 2.24) is 4.90 Å². The van der Waals surface area contributed by atoms with E-state index >= 15 is 0 Å². The molecule has 4 rings (SSSR count). The van der Waals surface area contributed by atoms with E-state index in [1.54, 1.807) is 43.5 Å². The minimum atomic E-state index is -0.390. The van der Waals surface area contributed by atoms with Crippen LogP contribution in [0.1, 0.15) is 11.1 Å². The monoisotopic (exact) mass is 651 g/mol. The Labute approximate surface area is 234 Å².